The maximum atomic E-state index is 3.82. The van der Waals surface area contributed by atoms with Crippen molar-refractivity contribution in [2.24, 2.45) is 5.92 Å². The van der Waals surface area contributed by atoms with Gasteiger partial charge in [0, 0.05) is 0 Å². The highest BCUT2D eigenvalue weighted by Crippen LogP contribution is 2.27. The summed E-state index contributed by atoms with van der Waals surface area (Å²) in [4.78, 5) is 0. The summed E-state index contributed by atoms with van der Waals surface area (Å²) in [6, 6.07) is 0. The first-order valence-electron chi connectivity index (χ1n) is 3.88. The van der Waals surface area contributed by atoms with Gasteiger partial charge < -0.3 is 5.32 Å². The van der Waals surface area contributed by atoms with Gasteiger partial charge in [0.05, 0.1) is 6.54 Å². The van der Waals surface area contributed by atoms with Gasteiger partial charge in [0.25, 0.3) is 0 Å². The first-order chi connectivity index (χ1) is 5.45. The molecule has 11 heavy (non-hydrogen) atoms. The van der Waals surface area contributed by atoms with Gasteiger partial charge in [-0.15, -0.1) is 10.2 Å². The summed E-state index contributed by atoms with van der Waals surface area (Å²) < 4.78 is 0. The Hall–Kier alpha value is -0.970. The largest absolute Gasteiger partial charge is 0.309 e. The van der Waals surface area contributed by atoms with Crippen LogP contribution in [0.5, 0.6) is 0 Å². The Balaban J connectivity index is 1.66. The van der Waals surface area contributed by atoms with E-state index in [0.717, 1.165) is 24.8 Å². The van der Waals surface area contributed by atoms with Crippen molar-refractivity contribution < 1.29 is 0 Å². The van der Waals surface area contributed by atoms with Crippen LogP contribution >= 0.6 is 0 Å². The third-order valence-corrected chi connectivity index (χ3v) is 1.80. The first-order valence-corrected chi connectivity index (χ1v) is 3.88. The number of tetrazole rings is 1. The van der Waals surface area contributed by atoms with Crippen molar-refractivity contribution in [1.29, 1.82) is 0 Å². The lowest BCUT2D eigenvalue weighted by atomic mass is 10.4. The van der Waals surface area contributed by atoms with Crippen LogP contribution in [-0.4, -0.2) is 27.2 Å². The molecule has 0 bridgehead atoms. The molecule has 0 aromatic carbocycles. The number of nitrogens with zero attached hydrogens (tertiary/aromatic N) is 3. The van der Waals surface area contributed by atoms with Gasteiger partial charge in [0.2, 0.25) is 0 Å². The van der Waals surface area contributed by atoms with Gasteiger partial charge in [0.1, 0.15) is 0 Å². The van der Waals surface area contributed by atoms with Gasteiger partial charge in [-0.3, -0.25) is 0 Å². The number of aromatic amines is 1. The minimum absolute atomic E-state index is 0.729. The molecule has 1 aliphatic rings. The second-order valence-electron chi connectivity index (χ2n) is 2.90. The number of hydrogen-bond acceptors (Lipinski definition) is 4. The van der Waals surface area contributed by atoms with E-state index in [4.69, 9.17) is 0 Å². The topological polar surface area (TPSA) is 66.5 Å². The Bertz CT molecular complexity index is 203. The molecule has 1 heterocycles. The van der Waals surface area contributed by atoms with E-state index >= 15 is 0 Å². The molecule has 1 saturated carbocycles. The van der Waals surface area contributed by atoms with Crippen LogP contribution in [0.25, 0.3) is 0 Å². The molecule has 0 atom stereocenters. The maximum Gasteiger partial charge on any atom is 0.188 e. The SMILES string of the molecule is C(NCC1CC1)c1nn[nH]n1. The monoisotopic (exact) mass is 153 g/mol. The third-order valence-electron chi connectivity index (χ3n) is 1.80. The van der Waals surface area contributed by atoms with Crippen LogP contribution < -0.4 is 5.32 Å². The quantitative estimate of drug-likeness (QED) is 0.623. The number of rotatable bonds is 4. The fourth-order valence-corrected chi connectivity index (χ4v) is 0.967. The van der Waals surface area contributed by atoms with Crippen LogP contribution in [0.15, 0.2) is 0 Å². The van der Waals surface area contributed by atoms with E-state index in [9.17, 15) is 0 Å². The summed E-state index contributed by atoms with van der Waals surface area (Å²) in [7, 11) is 0. The molecule has 0 amide bonds. The van der Waals surface area contributed by atoms with Crippen molar-refractivity contribution >= 4 is 0 Å². The maximum absolute atomic E-state index is 3.82. The molecule has 0 aliphatic heterocycles. The van der Waals surface area contributed by atoms with Gasteiger partial charge in [-0.05, 0) is 25.3 Å². The summed E-state index contributed by atoms with van der Waals surface area (Å²) >= 11 is 0. The van der Waals surface area contributed by atoms with E-state index in [-0.39, 0.29) is 0 Å². The second-order valence-corrected chi connectivity index (χ2v) is 2.90. The van der Waals surface area contributed by atoms with E-state index in [1.54, 1.807) is 0 Å². The summed E-state index contributed by atoms with van der Waals surface area (Å²) in [5.74, 6) is 1.65. The van der Waals surface area contributed by atoms with Crippen molar-refractivity contribution in [3.05, 3.63) is 5.82 Å². The zero-order valence-electron chi connectivity index (χ0n) is 6.25. The lowest BCUT2D eigenvalue weighted by molar-refractivity contribution is 0.620. The van der Waals surface area contributed by atoms with Crippen molar-refractivity contribution in [2.45, 2.75) is 19.4 Å². The van der Waals surface area contributed by atoms with Crippen LogP contribution in [0.2, 0.25) is 0 Å². The molecule has 0 spiro atoms. The first kappa shape index (κ1) is 6.72. The summed E-state index contributed by atoms with van der Waals surface area (Å²) in [6.45, 7) is 1.82. The molecule has 2 N–H and O–H groups in total. The van der Waals surface area contributed by atoms with Gasteiger partial charge in [-0.25, -0.2) is 0 Å². The average molecular weight is 153 g/mol. The Morgan fingerprint density at radius 1 is 1.55 bits per heavy atom. The smallest absolute Gasteiger partial charge is 0.188 e. The minimum atomic E-state index is 0.729. The molecule has 0 saturated heterocycles. The molecule has 1 fully saturated rings. The van der Waals surface area contributed by atoms with Crippen LogP contribution in [-0.2, 0) is 6.54 Å². The third kappa shape index (κ3) is 1.98. The highest BCUT2D eigenvalue weighted by Gasteiger charge is 2.20. The molecule has 0 unspecified atom stereocenters. The zero-order chi connectivity index (χ0) is 7.52. The zero-order valence-corrected chi connectivity index (χ0v) is 6.25. The van der Waals surface area contributed by atoms with Gasteiger partial charge in [-0.2, -0.15) is 5.21 Å². The number of nitrogens with one attached hydrogen (secondary N) is 2. The van der Waals surface area contributed by atoms with Crippen molar-refractivity contribution in [3.63, 3.8) is 0 Å². The Kier molecular flexibility index (Phi) is 1.81. The lowest BCUT2D eigenvalue weighted by Gasteiger charge is -1.96. The lowest BCUT2D eigenvalue weighted by Crippen LogP contribution is -2.16. The second kappa shape index (κ2) is 2.96. The Labute approximate surface area is 64.6 Å². The molecule has 1 aromatic heterocycles. The predicted octanol–water partition coefficient (Wildman–Crippen LogP) is -0.301. The average Bonchev–Trinajstić information content (AvgIpc) is 2.66. The summed E-state index contributed by atoms with van der Waals surface area (Å²) in [6.07, 6.45) is 2.75. The number of hydrogen-bond donors (Lipinski definition) is 2. The highest BCUT2D eigenvalue weighted by molar-refractivity contribution is 4.79. The number of H-pyrrole nitrogens is 1. The van der Waals surface area contributed by atoms with E-state index < -0.39 is 0 Å². The normalized spacial score (nSPS) is 17.1. The van der Waals surface area contributed by atoms with Crippen LogP contribution in [0.1, 0.15) is 18.7 Å². The predicted molar refractivity (Wildman–Crippen MR) is 38.6 cm³/mol. The minimum Gasteiger partial charge on any atom is -0.309 e. The van der Waals surface area contributed by atoms with E-state index in [0.29, 0.717) is 0 Å². The molecular weight excluding hydrogens is 142 g/mol. The van der Waals surface area contributed by atoms with Crippen molar-refractivity contribution in [3.8, 4) is 0 Å². The molecule has 1 aliphatic carbocycles. The fourth-order valence-electron chi connectivity index (χ4n) is 0.967. The molecule has 0 radical (unpaired) electrons. The number of aromatic nitrogens is 4. The molecule has 5 nitrogen and oxygen atoms in total. The van der Waals surface area contributed by atoms with Crippen LogP contribution in [0.4, 0.5) is 0 Å². The molecule has 60 valence electrons. The van der Waals surface area contributed by atoms with Crippen molar-refractivity contribution in [2.75, 3.05) is 6.54 Å². The molecule has 1 aromatic rings. The van der Waals surface area contributed by atoms with Gasteiger partial charge in [0.15, 0.2) is 5.82 Å². The molecule has 5 heteroatoms. The highest BCUT2D eigenvalue weighted by atomic mass is 15.5. The van der Waals surface area contributed by atoms with E-state index in [1.165, 1.54) is 12.8 Å². The van der Waals surface area contributed by atoms with Crippen LogP contribution in [0.3, 0.4) is 0 Å². The van der Waals surface area contributed by atoms with Gasteiger partial charge in [-0.1, -0.05) is 5.21 Å². The van der Waals surface area contributed by atoms with Gasteiger partial charge >= 0.3 is 0 Å². The molecular formula is C6H11N5. The Morgan fingerprint density at radius 3 is 3.09 bits per heavy atom. The standard InChI is InChI=1S/C6H11N5/c1-2-5(1)3-7-4-6-8-10-11-9-6/h5,7H,1-4H2,(H,8,9,10,11). The fraction of sp³-hybridized carbons (Fsp3) is 0.833. The van der Waals surface area contributed by atoms with E-state index in [2.05, 4.69) is 25.9 Å². The van der Waals surface area contributed by atoms with Crippen LogP contribution in [0, 0.1) is 5.92 Å². The summed E-state index contributed by atoms with van der Waals surface area (Å²) in [5.41, 5.74) is 0. The van der Waals surface area contributed by atoms with E-state index in [1.807, 2.05) is 0 Å². The molecule has 2 rings (SSSR count). The Morgan fingerprint density at radius 2 is 2.45 bits per heavy atom. The van der Waals surface area contributed by atoms with Crippen molar-refractivity contribution in [1.82, 2.24) is 25.9 Å². The summed E-state index contributed by atoms with van der Waals surface area (Å²) in [5, 5.41) is 16.8.